The molecule has 2 aromatic carbocycles. The van der Waals surface area contributed by atoms with E-state index in [1.807, 2.05) is 49.4 Å². The third-order valence-corrected chi connectivity index (χ3v) is 5.34. The Kier molecular flexibility index (Phi) is 12.0. The Morgan fingerprint density at radius 1 is 0.971 bits per heavy atom. The van der Waals surface area contributed by atoms with E-state index < -0.39 is 5.91 Å². The Hall–Kier alpha value is -2.98. The van der Waals surface area contributed by atoms with Crippen LogP contribution in [0.1, 0.15) is 36.8 Å². The number of hydrazine groups is 1. The number of nitrogens with one attached hydrogen (secondary N) is 3. The zero-order valence-electron chi connectivity index (χ0n) is 18.9. The summed E-state index contributed by atoms with van der Waals surface area (Å²) in [4.78, 5) is 35.6. The van der Waals surface area contributed by atoms with Crippen molar-refractivity contribution in [3.05, 3.63) is 64.1 Å². The number of thiocarbonyl (C=S) groups is 1. The highest BCUT2D eigenvalue weighted by Crippen LogP contribution is 2.25. The van der Waals surface area contributed by atoms with Gasteiger partial charge in [-0.2, -0.15) is 0 Å². The van der Waals surface area contributed by atoms with Gasteiger partial charge in [-0.05, 0) is 77.6 Å². The molecule has 0 aliphatic carbocycles. The molecule has 10 heteroatoms. The molecule has 0 spiro atoms. The Morgan fingerprint density at radius 3 is 2.47 bits per heavy atom. The van der Waals surface area contributed by atoms with Crippen LogP contribution in [0.5, 0.6) is 5.75 Å². The van der Waals surface area contributed by atoms with Crippen molar-refractivity contribution in [1.82, 2.24) is 16.2 Å². The van der Waals surface area contributed by atoms with Crippen LogP contribution in [0, 0.1) is 6.92 Å². The molecule has 2 amide bonds. The molecule has 0 saturated carbocycles. The van der Waals surface area contributed by atoms with Crippen LogP contribution in [0.4, 0.5) is 0 Å². The first kappa shape index (κ1) is 27.3. The Bertz CT molecular complexity index is 988. The third-order valence-electron chi connectivity index (χ3n) is 4.51. The fourth-order valence-electron chi connectivity index (χ4n) is 2.82. The molecule has 8 nitrogen and oxygen atoms in total. The van der Waals surface area contributed by atoms with Crippen molar-refractivity contribution >= 4 is 51.0 Å². The maximum atomic E-state index is 11.9. The summed E-state index contributed by atoms with van der Waals surface area (Å²) in [6.45, 7) is 2.05. The molecule has 0 atom stereocenters. The van der Waals surface area contributed by atoms with E-state index in [1.165, 1.54) is 5.56 Å². The molecule has 0 unspecified atom stereocenters. The quantitative estimate of drug-likeness (QED) is 0.170. The lowest BCUT2D eigenvalue weighted by Crippen LogP contribution is -2.49. The average Bonchev–Trinajstić information content (AvgIpc) is 2.80. The van der Waals surface area contributed by atoms with Gasteiger partial charge < -0.3 is 14.8 Å². The van der Waals surface area contributed by atoms with Gasteiger partial charge in [0.05, 0.1) is 11.1 Å². The molecule has 0 aliphatic heterocycles. The van der Waals surface area contributed by atoms with E-state index in [9.17, 15) is 14.4 Å². The number of rotatable bonds is 11. The first-order chi connectivity index (χ1) is 16.3. The Labute approximate surface area is 212 Å². The number of ether oxygens (including phenoxy) is 2. The van der Waals surface area contributed by atoms with Crippen LogP contribution in [0.3, 0.4) is 0 Å². The monoisotopic (exact) mass is 549 g/mol. The minimum Gasteiger partial charge on any atom is -0.483 e. The second kappa shape index (κ2) is 15.0. The number of carbonyl (C=O) groups excluding carboxylic acids is 3. The summed E-state index contributed by atoms with van der Waals surface area (Å²) >= 11 is 8.35. The fraction of sp³-hybridized carbons (Fsp3) is 0.333. The lowest BCUT2D eigenvalue weighted by molar-refractivity contribution is -0.143. The average molecular weight is 550 g/mol. The zero-order valence-corrected chi connectivity index (χ0v) is 21.3. The minimum atomic E-state index is -0.473. The lowest BCUT2D eigenvalue weighted by Gasteiger charge is -2.12. The van der Waals surface area contributed by atoms with E-state index in [0.717, 1.165) is 22.9 Å². The van der Waals surface area contributed by atoms with E-state index >= 15 is 0 Å². The number of hydrogen-bond donors (Lipinski definition) is 3. The van der Waals surface area contributed by atoms with Gasteiger partial charge in [-0.1, -0.05) is 36.4 Å². The van der Waals surface area contributed by atoms with Gasteiger partial charge >= 0.3 is 5.97 Å². The number of carbonyl (C=O) groups is 3. The van der Waals surface area contributed by atoms with Gasteiger partial charge in [-0.25, -0.2) is 0 Å². The standard InChI is InChI=1S/C24H28BrN3O5S/c1-17-12-13-20(19(25)15-17)33-16-22(30)27-28-24(34)26-21(29)10-5-11-23(31)32-14-6-9-18-7-3-2-4-8-18/h2-4,7-8,12-13,15H,5-6,9-11,14,16H2,1H3,(H,27,30)(H2,26,28,29,34). The van der Waals surface area contributed by atoms with Crippen molar-refractivity contribution in [2.45, 2.75) is 39.0 Å². The van der Waals surface area contributed by atoms with Crippen molar-refractivity contribution in [3.8, 4) is 5.75 Å². The second-order valence-electron chi connectivity index (χ2n) is 7.44. The van der Waals surface area contributed by atoms with Gasteiger partial charge in [0, 0.05) is 12.8 Å². The predicted molar refractivity (Wildman–Crippen MR) is 136 cm³/mol. The molecule has 0 saturated heterocycles. The van der Waals surface area contributed by atoms with Gasteiger partial charge in [0.25, 0.3) is 5.91 Å². The van der Waals surface area contributed by atoms with Gasteiger partial charge in [0.1, 0.15) is 5.75 Å². The van der Waals surface area contributed by atoms with Crippen LogP contribution in [0.2, 0.25) is 0 Å². The summed E-state index contributed by atoms with van der Waals surface area (Å²) in [5, 5.41) is 2.38. The van der Waals surface area contributed by atoms with Gasteiger partial charge in [-0.15, -0.1) is 0 Å². The van der Waals surface area contributed by atoms with E-state index in [2.05, 4.69) is 32.1 Å². The normalized spacial score (nSPS) is 10.2. The third kappa shape index (κ3) is 11.2. The number of amides is 2. The summed E-state index contributed by atoms with van der Waals surface area (Å²) in [7, 11) is 0. The molecule has 182 valence electrons. The molecule has 2 rings (SSSR count). The molecule has 3 N–H and O–H groups in total. The molecular weight excluding hydrogens is 522 g/mol. The number of halogens is 1. The molecule has 0 radical (unpaired) electrons. The van der Waals surface area contributed by atoms with Gasteiger partial charge in [-0.3, -0.25) is 25.2 Å². The fourth-order valence-corrected chi connectivity index (χ4v) is 3.59. The van der Waals surface area contributed by atoms with Gasteiger partial charge in [0.2, 0.25) is 5.91 Å². The summed E-state index contributed by atoms with van der Waals surface area (Å²) < 4.78 is 11.4. The van der Waals surface area contributed by atoms with Crippen LogP contribution >= 0.6 is 28.1 Å². The molecule has 34 heavy (non-hydrogen) atoms. The largest absolute Gasteiger partial charge is 0.483 e. The van der Waals surface area contributed by atoms with Crippen molar-refractivity contribution in [2.75, 3.05) is 13.2 Å². The predicted octanol–water partition coefficient (Wildman–Crippen LogP) is 3.50. The minimum absolute atomic E-state index is 0.0571. The zero-order chi connectivity index (χ0) is 24.8. The number of hydrogen-bond acceptors (Lipinski definition) is 6. The van der Waals surface area contributed by atoms with Gasteiger partial charge in [0.15, 0.2) is 11.7 Å². The Balaban J connectivity index is 1.51. The smallest absolute Gasteiger partial charge is 0.305 e. The van der Waals surface area contributed by atoms with Crippen molar-refractivity contribution in [2.24, 2.45) is 0 Å². The summed E-state index contributed by atoms with van der Waals surface area (Å²) in [5.41, 5.74) is 7.04. The number of benzene rings is 2. The topological polar surface area (TPSA) is 106 Å². The van der Waals surface area contributed by atoms with Crippen LogP contribution in [0.15, 0.2) is 53.0 Å². The maximum Gasteiger partial charge on any atom is 0.305 e. The van der Waals surface area contributed by atoms with E-state index in [-0.39, 0.29) is 36.4 Å². The highest BCUT2D eigenvalue weighted by molar-refractivity contribution is 9.10. The van der Waals surface area contributed by atoms with E-state index in [1.54, 1.807) is 6.07 Å². The molecule has 2 aromatic rings. The van der Waals surface area contributed by atoms with Crippen LogP contribution < -0.4 is 20.9 Å². The van der Waals surface area contributed by atoms with Crippen molar-refractivity contribution in [3.63, 3.8) is 0 Å². The van der Waals surface area contributed by atoms with Crippen LogP contribution in [-0.4, -0.2) is 36.1 Å². The maximum absolute atomic E-state index is 11.9. The summed E-state index contributed by atoms with van der Waals surface area (Å²) in [6.07, 6.45) is 2.15. The number of esters is 1. The van der Waals surface area contributed by atoms with Crippen molar-refractivity contribution in [1.29, 1.82) is 0 Å². The molecule has 0 aromatic heterocycles. The first-order valence-electron chi connectivity index (χ1n) is 10.8. The molecule has 0 heterocycles. The highest BCUT2D eigenvalue weighted by atomic mass is 79.9. The first-order valence-corrected chi connectivity index (χ1v) is 12.0. The van der Waals surface area contributed by atoms with Crippen LogP contribution in [0.25, 0.3) is 0 Å². The summed E-state index contributed by atoms with van der Waals surface area (Å²) in [5.74, 6) is -0.650. The van der Waals surface area contributed by atoms with Crippen LogP contribution in [-0.2, 0) is 25.5 Å². The molecule has 0 fully saturated rings. The summed E-state index contributed by atoms with van der Waals surface area (Å²) in [6, 6.07) is 15.5. The second-order valence-corrected chi connectivity index (χ2v) is 8.70. The highest BCUT2D eigenvalue weighted by Gasteiger charge is 2.10. The Morgan fingerprint density at radius 2 is 1.74 bits per heavy atom. The SMILES string of the molecule is Cc1ccc(OCC(=O)NNC(=S)NC(=O)CCCC(=O)OCCCc2ccccc2)c(Br)c1. The molecule has 0 bridgehead atoms. The van der Waals surface area contributed by atoms with E-state index in [0.29, 0.717) is 18.8 Å². The van der Waals surface area contributed by atoms with Crippen molar-refractivity contribution < 1.29 is 23.9 Å². The molecular formula is C24H28BrN3O5S. The molecule has 0 aliphatic rings. The lowest BCUT2D eigenvalue weighted by atomic mass is 10.1. The number of aryl methyl sites for hydroxylation is 2. The van der Waals surface area contributed by atoms with E-state index in [4.69, 9.17) is 21.7 Å².